The quantitative estimate of drug-likeness (QED) is 0.282. The first kappa shape index (κ1) is 27.0. The van der Waals surface area contributed by atoms with Crippen LogP contribution in [0.4, 0.5) is 0 Å². The molecule has 0 atom stereocenters. The number of nitrogens with zero attached hydrogens (tertiary/aromatic N) is 3. The van der Waals surface area contributed by atoms with Gasteiger partial charge in [-0.25, -0.2) is 0 Å². The van der Waals surface area contributed by atoms with Gasteiger partial charge in [0.15, 0.2) is 5.96 Å². The lowest BCUT2D eigenvalue weighted by molar-refractivity contribution is -0.136. The Hall–Kier alpha value is -0.220. The van der Waals surface area contributed by atoms with Gasteiger partial charge < -0.3 is 20.4 Å². The average molecular weight is 566 g/mol. The van der Waals surface area contributed by atoms with Crippen molar-refractivity contribution >= 4 is 47.6 Å². The van der Waals surface area contributed by atoms with E-state index in [1.54, 1.807) is 0 Å². The third-order valence-corrected chi connectivity index (χ3v) is 7.99. The third kappa shape index (κ3) is 8.91. The van der Waals surface area contributed by atoms with Crippen molar-refractivity contribution in [1.82, 2.24) is 20.4 Å². The second kappa shape index (κ2) is 14.8. The van der Waals surface area contributed by atoms with E-state index in [4.69, 9.17) is 4.99 Å². The van der Waals surface area contributed by atoms with Gasteiger partial charge in [0.2, 0.25) is 5.91 Å². The summed E-state index contributed by atoms with van der Waals surface area (Å²) in [5.41, 5.74) is 0. The van der Waals surface area contributed by atoms with Crippen molar-refractivity contribution in [3.05, 3.63) is 0 Å². The average Bonchev–Trinajstić information content (AvgIpc) is 2.80. The van der Waals surface area contributed by atoms with Crippen LogP contribution in [-0.2, 0) is 4.79 Å². The van der Waals surface area contributed by atoms with Crippen LogP contribution in [0.15, 0.2) is 4.99 Å². The summed E-state index contributed by atoms with van der Waals surface area (Å²) in [7, 11) is 0. The molecule has 0 radical (unpaired) electrons. The second-order valence-corrected chi connectivity index (χ2v) is 10.3. The van der Waals surface area contributed by atoms with Gasteiger partial charge in [0.25, 0.3) is 0 Å². The summed E-state index contributed by atoms with van der Waals surface area (Å²) in [4.78, 5) is 22.3. The van der Waals surface area contributed by atoms with Crippen molar-refractivity contribution in [2.45, 2.75) is 64.8 Å². The Morgan fingerprint density at radius 3 is 2.29 bits per heavy atom. The number of carbonyl (C=O) groups excluding carboxylic acids is 1. The van der Waals surface area contributed by atoms with Crippen LogP contribution >= 0.6 is 35.7 Å². The number of aliphatic imine (C=N–C) groups is 1. The van der Waals surface area contributed by atoms with Gasteiger partial charge in [-0.2, -0.15) is 11.8 Å². The first-order valence-electron chi connectivity index (χ1n) is 12.3. The molecule has 2 heterocycles. The number of amides is 1. The van der Waals surface area contributed by atoms with Crippen molar-refractivity contribution < 1.29 is 4.79 Å². The minimum atomic E-state index is 0. The first-order valence-corrected chi connectivity index (χ1v) is 13.5. The minimum Gasteiger partial charge on any atom is -0.357 e. The number of thioether (sulfide) groups is 1. The van der Waals surface area contributed by atoms with Gasteiger partial charge >= 0.3 is 0 Å². The van der Waals surface area contributed by atoms with Crippen LogP contribution < -0.4 is 10.6 Å². The molecule has 2 saturated heterocycles. The summed E-state index contributed by atoms with van der Waals surface area (Å²) >= 11 is 1.96. The Morgan fingerprint density at radius 1 is 1.00 bits per heavy atom. The Bertz CT molecular complexity index is 542. The van der Waals surface area contributed by atoms with Gasteiger partial charge in [-0.05, 0) is 77.4 Å². The molecule has 0 spiro atoms. The molecule has 1 amide bonds. The van der Waals surface area contributed by atoms with E-state index in [0.717, 1.165) is 75.2 Å². The fourth-order valence-corrected chi connectivity index (χ4v) is 5.89. The lowest BCUT2D eigenvalue weighted by atomic mass is 9.85. The predicted octanol–water partition coefficient (Wildman–Crippen LogP) is 3.42. The van der Waals surface area contributed by atoms with Gasteiger partial charge in [-0.3, -0.25) is 9.79 Å². The topological polar surface area (TPSA) is 60.0 Å². The van der Waals surface area contributed by atoms with Crippen molar-refractivity contribution in [3.63, 3.8) is 0 Å². The number of hydrogen-bond donors (Lipinski definition) is 2. The summed E-state index contributed by atoms with van der Waals surface area (Å²) in [6, 6.07) is 0.441. The summed E-state index contributed by atoms with van der Waals surface area (Å²) in [6.45, 7) is 11.8. The third-order valence-electron chi connectivity index (χ3n) is 7.05. The lowest BCUT2D eigenvalue weighted by Crippen LogP contribution is -2.47. The molecule has 6 nitrogen and oxygen atoms in total. The maximum absolute atomic E-state index is 12.8. The maximum atomic E-state index is 12.8. The van der Waals surface area contributed by atoms with Crippen LogP contribution in [0.2, 0.25) is 0 Å². The van der Waals surface area contributed by atoms with Crippen LogP contribution in [0.5, 0.6) is 0 Å². The number of hydrogen-bond acceptors (Lipinski definition) is 4. The van der Waals surface area contributed by atoms with Crippen LogP contribution in [0, 0.1) is 11.8 Å². The van der Waals surface area contributed by atoms with Crippen molar-refractivity contribution in [1.29, 1.82) is 0 Å². The fourth-order valence-electron chi connectivity index (χ4n) is 4.99. The molecule has 1 saturated carbocycles. The molecule has 31 heavy (non-hydrogen) atoms. The number of piperidine rings is 1. The van der Waals surface area contributed by atoms with Crippen molar-refractivity contribution in [2.75, 3.05) is 57.3 Å². The molecule has 0 aromatic heterocycles. The molecule has 0 aromatic rings. The van der Waals surface area contributed by atoms with Crippen molar-refractivity contribution in [3.8, 4) is 0 Å². The molecular formula is C23H44IN5OS. The van der Waals surface area contributed by atoms with E-state index in [2.05, 4.69) is 34.3 Å². The van der Waals surface area contributed by atoms with E-state index in [9.17, 15) is 4.79 Å². The number of guanidine groups is 1. The van der Waals surface area contributed by atoms with E-state index in [0.29, 0.717) is 11.9 Å². The number of carbonyl (C=O) groups is 1. The maximum Gasteiger partial charge on any atom is 0.225 e. The van der Waals surface area contributed by atoms with E-state index in [-0.39, 0.29) is 29.9 Å². The van der Waals surface area contributed by atoms with Crippen molar-refractivity contribution in [2.24, 2.45) is 16.8 Å². The Labute approximate surface area is 211 Å². The van der Waals surface area contributed by atoms with Crippen LogP contribution in [0.3, 0.4) is 0 Å². The monoisotopic (exact) mass is 565 g/mol. The van der Waals surface area contributed by atoms with E-state index < -0.39 is 0 Å². The summed E-state index contributed by atoms with van der Waals surface area (Å²) in [5.74, 6) is 4.63. The molecule has 2 aliphatic heterocycles. The zero-order valence-electron chi connectivity index (χ0n) is 19.6. The molecular weight excluding hydrogens is 521 g/mol. The Morgan fingerprint density at radius 2 is 1.68 bits per heavy atom. The number of nitrogens with one attached hydrogen (secondary N) is 2. The SMILES string of the molecule is CCNC(=NCCC1CCN(CC)CC1)NC1CCC(C(=O)N2CCSCC2)CC1.I. The van der Waals surface area contributed by atoms with E-state index >= 15 is 0 Å². The molecule has 1 aliphatic carbocycles. The normalized spacial score (nSPS) is 26.3. The largest absolute Gasteiger partial charge is 0.357 e. The standard InChI is InChI=1S/C23H43N5OS.HI/c1-3-24-23(25-12-9-19-10-13-27(4-2)14-11-19)26-21-7-5-20(6-8-21)22(29)28-15-17-30-18-16-28;/h19-21H,3-18H2,1-2H3,(H2,24,25,26);1H. The molecule has 180 valence electrons. The smallest absolute Gasteiger partial charge is 0.225 e. The molecule has 3 aliphatic rings. The highest BCUT2D eigenvalue weighted by atomic mass is 127. The molecule has 0 aromatic carbocycles. The highest BCUT2D eigenvalue weighted by molar-refractivity contribution is 14.0. The number of halogens is 1. The minimum absolute atomic E-state index is 0. The molecule has 0 unspecified atom stereocenters. The Balaban J connectivity index is 0.00000341. The summed E-state index contributed by atoms with van der Waals surface area (Å²) in [5, 5.41) is 7.07. The second-order valence-electron chi connectivity index (χ2n) is 9.06. The van der Waals surface area contributed by atoms with Gasteiger partial charge in [0, 0.05) is 49.6 Å². The first-order chi connectivity index (χ1) is 14.7. The van der Waals surface area contributed by atoms with Crippen LogP contribution in [0.1, 0.15) is 58.8 Å². The lowest BCUT2D eigenvalue weighted by Gasteiger charge is -2.34. The summed E-state index contributed by atoms with van der Waals surface area (Å²) < 4.78 is 0. The zero-order chi connectivity index (χ0) is 21.2. The Kier molecular flexibility index (Phi) is 12.9. The molecule has 2 N–H and O–H groups in total. The van der Waals surface area contributed by atoms with Gasteiger partial charge in [0.05, 0.1) is 0 Å². The molecule has 0 bridgehead atoms. The van der Waals surface area contributed by atoms with Crippen LogP contribution in [-0.4, -0.2) is 85.0 Å². The highest BCUT2D eigenvalue weighted by Crippen LogP contribution is 2.27. The number of likely N-dealkylation sites (tertiary alicyclic amines) is 1. The van der Waals surface area contributed by atoms with Gasteiger partial charge in [-0.1, -0.05) is 6.92 Å². The summed E-state index contributed by atoms with van der Waals surface area (Å²) in [6.07, 6.45) is 7.99. The van der Waals surface area contributed by atoms with Crippen LogP contribution in [0.25, 0.3) is 0 Å². The predicted molar refractivity (Wildman–Crippen MR) is 144 cm³/mol. The molecule has 3 rings (SSSR count). The van der Waals surface area contributed by atoms with E-state index in [1.165, 1.54) is 38.9 Å². The molecule has 3 fully saturated rings. The zero-order valence-corrected chi connectivity index (χ0v) is 22.8. The number of rotatable bonds is 7. The fraction of sp³-hybridized carbons (Fsp3) is 0.913. The van der Waals surface area contributed by atoms with Gasteiger partial charge in [-0.15, -0.1) is 24.0 Å². The van der Waals surface area contributed by atoms with E-state index in [1.807, 2.05) is 11.8 Å². The highest BCUT2D eigenvalue weighted by Gasteiger charge is 2.30. The molecule has 8 heteroatoms. The van der Waals surface area contributed by atoms with Gasteiger partial charge in [0.1, 0.15) is 0 Å².